The third-order valence-electron chi connectivity index (χ3n) is 3.63. The SMILES string of the molecule is CCCCN(C(=O)c1ccc(Cl)c(S(C)(=O)=O)c1)c1ccccc1. The molecule has 4 nitrogen and oxygen atoms in total. The summed E-state index contributed by atoms with van der Waals surface area (Å²) in [5.41, 5.74) is 1.09. The largest absolute Gasteiger partial charge is 0.308 e. The van der Waals surface area contributed by atoms with Gasteiger partial charge in [0.25, 0.3) is 5.91 Å². The Morgan fingerprint density at radius 2 is 1.79 bits per heavy atom. The Kier molecular flexibility index (Phi) is 6.02. The predicted molar refractivity (Wildman–Crippen MR) is 97.6 cm³/mol. The molecule has 0 heterocycles. The number of carbonyl (C=O) groups excluding carboxylic acids is 1. The zero-order chi connectivity index (χ0) is 17.7. The minimum Gasteiger partial charge on any atom is -0.308 e. The summed E-state index contributed by atoms with van der Waals surface area (Å²) in [6.07, 6.45) is 2.88. The van der Waals surface area contributed by atoms with Crippen molar-refractivity contribution >= 4 is 33.0 Å². The van der Waals surface area contributed by atoms with Gasteiger partial charge in [-0.05, 0) is 36.8 Å². The average molecular weight is 366 g/mol. The Labute approximate surface area is 148 Å². The third-order valence-corrected chi connectivity index (χ3v) is 5.20. The number of hydrogen-bond donors (Lipinski definition) is 0. The van der Waals surface area contributed by atoms with Crippen LogP contribution in [-0.2, 0) is 9.84 Å². The maximum absolute atomic E-state index is 12.9. The van der Waals surface area contributed by atoms with Crippen LogP contribution in [0.2, 0.25) is 5.02 Å². The number of amides is 1. The number of unbranched alkanes of at least 4 members (excludes halogenated alkanes) is 1. The minimum atomic E-state index is -3.50. The van der Waals surface area contributed by atoms with Crippen molar-refractivity contribution in [2.45, 2.75) is 24.7 Å². The molecule has 1 amide bonds. The maximum Gasteiger partial charge on any atom is 0.258 e. The fourth-order valence-electron chi connectivity index (χ4n) is 2.35. The lowest BCUT2D eigenvalue weighted by Gasteiger charge is -2.23. The van der Waals surface area contributed by atoms with Crippen LogP contribution in [0, 0.1) is 0 Å². The number of benzene rings is 2. The summed E-state index contributed by atoms with van der Waals surface area (Å²) in [5.74, 6) is -0.240. The highest BCUT2D eigenvalue weighted by molar-refractivity contribution is 7.90. The van der Waals surface area contributed by atoms with Gasteiger partial charge in [-0.15, -0.1) is 0 Å². The third kappa shape index (κ3) is 4.36. The number of sulfone groups is 1. The quantitative estimate of drug-likeness (QED) is 0.771. The topological polar surface area (TPSA) is 54.5 Å². The molecule has 0 saturated heterocycles. The highest BCUT2D eigenvalue weighted by Gasteiger charge is 2.20. The molecule has 0 N–H and O–H groups in total. The standard InChI is InChI=1S/C18H20ClNO3S/c1-3-4-12-20(15-8-6-5-7-9-15)18(21)14-10-11-16(19)17(13-14)24(2,22)23/h5-11,13H,3-4,12H2,1-2H3. The molecule has 0 fully saturated rings. The van der Waals surface area contributed by atoms with Crippen LogP contribution in [0.4, 0.5) is 5.69 Å². The first-order chi connectivity index (χ1) is 11.3. The molecule has 0 atom stereocenters. The van der Waals surface area contributed by atoms with E-state index in [0.717, 1.165) is 24.8 Å². The minimum absolute atomic E-state index is 0.0291. The summed E-state index contributed by atoms with van der Waals surface area (Å²) < 4.78 is 23.7. The number of rotatable bonds is 6. The van der Waals surface area contributed by atoms with Crippen LogP contribution < -0.4 is 4.90 Å². The Morgan fingerprint density at radius 3 is 2.38 bits per heavy atom. The van der Waals surface area contributed by atoms with Crippen LogP contribution in [0.1, 0.15) is 30.1 Å². The first kappa shape index (κ1) is 18.5. The smallest absolute Gasteiger partial charge is 0.258 e. The van der Waals surface area contributed by atoms with Gasteiger partial charge in [0, 0.05) is 24.1 Å². The predicted octanol–water partition coefficient (Wildman–Crippen LogP) is 4.19. The molecule has 0 radical (unpaired) electrons. The number of nitrogens with zero attached hydrogens (tertiary/aromatic N) is 1. The number of para-hydroxylation sites is 1. The Morgan fingerprint density at radius 1 is 1.12 bits per heavy atom. The summed E-state index contributed by atoms with van der Waals surface area (Å²) in [6.45, 7) is 2.62. The van der Waals surface area contributed by atoms with E-state index in [4.69, 9.17) is 11.6 Å². The van der Waals surface area contributed by atoms with Gasteiger partial charge in [0.2, 0.25) is 0 Å². The van der Waals surface area contributed by atoms with E-state index in [-0.39, 0.29) is 15.8 Å². The van der Waals surface area contributed by atoms with E-state index in [1.165, 1.54) is 12.1 Å². The molecule has 0 aromatic heterocycles. The molecule has 24 heavy (non-hydrogen) atoms. The van der Waals surface area contributed by atoms with Crippen molar-refractivity contribution in [1.29, 1.82) is 0 Å². The van der Waals surface area contributed by atoms with E-state index in [1.54, 1.807) is 11.0 Å². The van der Waals surface area contributed by atoms with Crippen LogP contribution in [0.3, 0.4) is 0 Å². The molecule has 0 aliphatic rings. The molecule has 0 spiro atoms. The zero-order valence-electron chi connectivity index (χ0n) is 13.7. The highest BCUT2D eigenvalue weighted by Crippen LogP contribution is 2.25. The fourth-order valence-corrected chi connectivity index (χ4v) is 3.65. The zero-order valence-corrected chi connectivity index (χ0v) is 15.3. The van der Waals surface area contributed by atoms with Gasteiger partial charge in [-0.3, -0.25) is 4.79 Å². The van der Waals surface area contributed by atoms with Gasteiger partial charge in [-0.2, -0.15) is 0 Å². The van der Waals surface area contributed by atoms with Crippen LogP contribution in [0.5, 0.6) is 0 Å². The molecular weight excluding hydrogens is 346 g/mol. The molecule has 2 aromatic carbocycles. The summed E-state index contributed by atoms with van der Waals surface area (Å²) >= 11 is 5.96. The molecule has 2 aromatic rings. The van der Waals surface area contributed by atoms with Crippen molar-refractivity contribution in [1.82, 2.24) is 0 Å². The second-order valence-corrected chi connectivity index (χ2v) is 7.95. The normalized spacial score (nSPS) is 11.3. The van der Waals surface area contributed by atoms with Gasteiger partial charge < -0.3 is 4.90 Å². The van der Waals surface area contributed by atoms with E-state index in [2.05, 4.69) is 6.92 Å². The highest BCUT2D eigenvalue weighted by atomic mass is 35.5. The lowest BCUT2D eigenvalue weighted by atomic mass is 10.1. The van der Waals surface area contributed by atoms with E-state index >= 15 is 0 Å². The number of anilines is 1. The average Bonchev–Trinajstić information content (AvgIpc) is 2.55. The Hall–Kier alpha value is -1.85. The monoisotopic (exact) mass is 365 g/mol. The fraction of sp³-hybridized carbons (Fsp3) is 0.278. The van der Waals surface area contributed by atoms with Gasteiger partial charge in [0.15, 0.2) is 9.84 Å². The first-order valence-corrected chi connectivity index (χ1v) is 9.98. The molecule has 2 rings (SSSR count). The van der Waals surface area contributed by atoms with Gasteiger partial charge in [0.05, 0.1) is 9.92 Å². The van der Waals surface area contributed by atoms with E-state index < -0.39 is 9.84 Å². The van der Waals surface area contributed by atoms with Crippen molar-refractivity contribution in [3.05, 3.63) is 59.1 Å². The van der Waals surface area contributed by atoms with Crippen molar-refractivity contribution in [2.75, 3.05) is 17.7 Å². The van der Waals surface area contributed by atoms with E-state index in [9.17, 15) is 13.2 Å². The van der Waals surface area contributed by atoms with Gasteiger partial charge >= 0.3 is 0 Å². The van der Waals surface area contributed by atoms with Crippen LogP contribution in [-0.4, -0.2) is 27.1 Å². The maximum atomic E-state index is 12.9. The lowest BCUT2D eigenvalue weighted by molar-refractivity contribution is 0.0986. The summed E-state index contributed by atoms with van der Waals surface area (Å²) in [4.78, 5) is 14.6. The first-order valence-electron chi connectivity index (χ1n) is 7.71. The van der Waals surface area contributed by atoms with Crippen molar-refractivity contribution in [2.24, 2.45) is 0 Å². The van der Waals surface area contributed by atoms with Crippen LogP contribution in [0.25, 0.3) is 0 Å². The Bertz CT molecular complexity index is 819. The Balaban J connectivity index is 2.43. The second-order valence-electron chi connectivity index (χ2n) is 5.56. The number of hydrogen-bond acceptors (Lipinski definition) is 3. The van der Waals surface area contributed by atoms with Crippen LogP contribution >= 0.6 is 11.6 Å². The lowest BCUT2D eigenvalue weighted by Crippen LogP contribution is -2.32. The van der Waals surface area contributed by atoms with E-state index in [0.29, 0.717) is 12.1 Å². The van der Waals surface area contributed by atoms with Gasteiger partial charge in [-0.25, -0.2) is 8.42 Å². The molecule has 0 aliphatic carbocycles. The molecule has 0 saturated carbocycles. The summed E-state index contributed by atoms with van der Waals surface area (Å²) in [7, 11) is -3.50. The summed E-state index contributed by atoms with van der Waals surface area (Å²) in [5, 5.41) is 0.119. The second kappa shape index (κ2) is 7.81. The van der Waals surface area contributed by atoms with E-state index in [1.807, 2.05) is 30.3 Å². The summed E-state index contributed by atoms with van der Waals surface area (Å²) in [6, 6.07) is 13.7. The van der Waals surface area contributed by atoms with Crippen molar-refractivity contribution in [3.8, 4) is 0 Å². The van der Waals surface area contributed by atoms with Crippen LogP contribution in [0.15, 0.2) is 53.4 Å². The molecule has 128 valence electrons. The molecule has 0 unspecified atom stereocenters. The molecule has 0 aliphatic heterocycles. The number of halogens is 1. The molecule has 0 bridgehead atoms. The van der Waals surface area contributed by atoms with Gasteiger partial charge in [-0.1, -0.05) is 43.1 Å². The van der Waals surface area contributed by atoms with Gasteiger partial charge in [0.1, 0.15) is 0 Å². The van der Waals surface area contributed by atoms with Crippen molar-refractivity contribution in [3.63, 3.8) is 0 Å². The number of carbonyl (C=O) groups is 1. The van der Waals surface area contributed by atoms with Crippen molar-refractivity contribution < 1.29 is 13.2 Å². The molecule has 6 heteroatoms. The molecular formula is C18H20ClNO3S.